The van der Waals surface area contributed by atoms with E-state index in [4.69, 9.17) is 4.74 Å². The Hall–Kier alpha value is -1.97. The van der Waals surface area contributed by atoms with E-state index in [1.54, 1.807) is 6.20 Å². The molecule has 1 aromatic carbocycles. The Kier molecular flexibility index (Phi) is 5.50. The molecule has 6 rings (SSSR count). The molecule has 182 valence electrons. The lowest BCUT2D eigenvalue weighted by atomic mass is 9.48. The van der Waals surface area contributed by atoms with Gasteiger partial charge in [-0.05, 0) is 111 Å². The first-order valence-corrected chi connectivity index (χ1v) is 13.6. The second kappa shape index (κ2) is 8.31. The monoisotopic (exact) mass is 463 g/mol. The van der Waals surface area contributed by atoms with Gasteiger partial charge >= 0.3 is 0 Å². The number of carbonyl (C=O) groups excluding carboxylic acids is 1. The Labute approximate surface area is 202 Å². The molecule has 4 heteroatoms. The van der Waals surface area contributed by atoms with Crippen LogP contribution >= 0.6 is 0 Å². The highest BCUT2D eigenvalue weighted by Crippen LogP contribution is 2.66. The quantitative estimate of drug-likeness (QED) is 0.482. The van der Waals surface area contributed by atoms with Crippen LogP contribution in [0.5, 0.6) is 5.75 Å². The number of Topliss-reactive ketones (excluding diaryl/α,β-unsaturated/α-hetero) is 1. The first kappa shape index (κ1) is 22.5. The van der Waals surface area contributed by atoms with E-state index >= 15 is 4.39 Å². The van der Waals surface area contributed by atoms with Gasteiger partial charge in [0.15, 0.2) is 5.78 Å². The summed E-state index contributed by atoms with van der Waals surface area (Å²) in [5, 5.41) is 1.07. The molecule has 2 aromatic rings. The summed E-state index contributed by atoms with van der Waals surface area (Å²) in [6.07, 6.45) is 10.8. The number of hydrogen-bond acceptors (Lipinski definition) is 3. The Bertz CT molecular complexity index is 1090. The molecule has 0 saturated heterocycles. The first-order chi connectivity index (χ1) is 16.4. The molecule has 1 aromatic heterocycles. The second-order valence-electron chi connectivity index (χ2n) is 12.2. The van der Waals surface area contributed by atoms with Crippen molar-refractivity contribution in [3.05, 3.63) is 36.5 Å². The van der Waals surface area contributed by atoms with Gasteiger partial charge in [0, 0.05) is 23.6 Å². The molecule has 4 aliphatic rings. The summed E-state index contributed by atoms with van der Waals surface area (Å²) in [5.41, 5.74) is -0.0735. The number of pyridine rings is 1. The van der Waals surface area contributed by atoms with Gasteiger partial charge < -0.3 is 4.74 Å². The van der Waals surface area contributed by atoms with Crippen LogP contribution in [0.3, 0.4) is 0 Å². The molecule has 1 heterocycles. The van der Waals surface area contributed by atoms with Crippen molar-refractivity contribution in [2.75, 3.05) is 6.61 Å². The summed E-state index contributed by atoms with van der Waals surface area (Å²) in [6.45, 7) is 4.75. The van der Waals surface area contributed by atoms with Crippen molar-refractivity contribution in [2.24, 2.45) is 40.9 Å². The number of halogens is 1. The number of aromatic nitrogens is 1. The maximum absolute atomic E-state index is 16.5. The molecule has 4 saturated carbocycles. The molecular formula is C30H38FNO2. The van der Waals surface area contributed by atoms with E-state index in [2.05, 4.69) is 18.8 Å². The van der Waals surface area contributed by atoms with Gasteiger partial charge in [0.05, 0.1) is 5.52 Å². The average molecular weight is 464 g/mol. The number of rotatable bonds is 4. The maximum Gasteiger partial charge on any atom is 0.173 e. The number of nitrogens with zero attached hydrogens (tertiary/aromatic N) is 1. The van der Waals surface area contributed by atoms with E-state index < -0.39 is 5.67 Å². The van der Waals surface area contributed by atoms with Crippen LogP contribution in [0.1, 0.15) is 71.6 Å². The lowest BCUT2D eigenvalue weighted by Crippen LogP contribution is -2.56. The largest absolute Gasteiger partial charge is 0.486 e. The third-order valence-corrected chi connectivity index (χ3v) is 10.6. The molecule has 4 fully saturated rings. The molecule has 0 radical (unpaired) electrons. The van der Waals surface area contributed by atoms with Crippen LogP contribution in [-0.2, 0) is 4.79 Å². The Balaban J connectivity index is 1.15. The zero-order valence-corrected chi connectivity index (χ0v) is 20.6. The Morgan fingerprint density at radius 3 is 2.85 bits per heavy atom. The van der Waals surface area contributed by atoms with Gasteiger partial charge in [-0.15, -0.1) is 0 Å². The van der Waals surface area contributed by atoms with E-state index in [1.807, 2.05) is 30.3 Å². The number of benzene rings is 1. The number of fused-ring (bicyclic) bond motifs is 6. The summed E-state index contributed by atoms with van der Waals surface area (Å²) in [7, 11) is 0. The molecule has 3 nitrogen and oxygen atoms in total. The maximum atomic E-state index is 16.5. The SMILES string of the molecule is CC1CCC2(F)C(CCC3C2CC[C@]2(C)C(C(=O)COc4ccc5cccnc5c4)CCC32)C1. The zero-order valence-electron chi connectivity index (χ0n) is 20.6. The van der Waals surface area contributed by atoms with Crippen molar-refractivity contribution < 1.29 is 13.9 Å². The minimum Gasteiger partial charge on any atom is -0.486 e. The smallest absolute Gasteiger partial charge is 0.173 e. The van der Waals surface area contributed by atoms with E-state index in [0.717, 1.165) is 68.7 Å². The molecule has 0 aliphatic heterocycles. The van der Waals surface area contributed by atoms with Gasteiger partial charge in [0.25, 0.3) is 0 Å². The number of alkyl halides is 1. The summed E-state index contributed by atoms with van der Waals surface area (Å²) in [5.74, 6) is 3.06. The summed E-state index contributed by atoms with van der Waals surface area (Å²) in [4.78, 5) is 17.8. The van der Waals surface area contributed by atoms with Crippen LogP contribution in [0.4, 0.5) is 4.39 Å². The van der Waals surface area contributed by atoms with Gasteiger partial charge in [-0.2, -0.15) is 0 Å². The number of ketones is 1. The Morgan fingerprint density at radius 2 is 1.97 bits per heavy atom. The van der Waals surface area contributed by atoms with Gasteiger partial charge in [-0.25, -0.2) is 4.39 Å². The van der Waals surface area contributed by atoms with Crippen molar-refractivity contribution >= 4 is 16.7 Å². The number of ether oxygens (including phenoxy) is 1. The number of carbonyl (C=O) groups is 1. The third kappa shape index (κ3) is 3.50. The fourth-order valence-corrected chi connectivity index (χ4v) is 8.92. The topological polar surface area (TPSA) is 39.2 Å². The van der Waals surface area contributed by atoms with Gasteiger partial charge in [0.2, 0.25) is 0 Å². The van der Waals surface area contributed by atoms with E-state index in [9.17, 15) is 4.79 Å². The average Bonchev–Trinajstić information content (AvgIpc) is 3.20. The van der Waals surface area contributed by atoms with Crippen LogP contribution < -0.4 is 4.74 Å². The van der Waals surface area contributed by atoms with E-state index in [-0.39, 0.29) is 35.6 Å². The predicted molar refractivity (Wildman–Crippen MR) is 132 cm³/mol. The molecule has 0 spiro atoms. The summed E-state index contributed by atoms with van der Waals surface area (Å²) in [6, 6.07) is 9.77. The minimum atomic E-state index is -0.952. The standard InChI is InChI=1S/C30H38FNO2/c1-19-11-14-30(31)21(16-19)6-8-23-24-9-10-26(29(24,2)13-12-25(23)30)28(33)18-34-22-7-5-20-4-3-15-32-27(20)17-22/h3-5,7,15,17,19,21,23-26H,6,8-14,16,18H2,1-2H3/t19?,21?,23?,24?,25?,26?,29-,30?/m0/s1. The number of hydrogen-bond donors (Lipinski definition) is 0. The second-order valence-corrected chi connectivity index (χ2v) is 12.2. The first-order valence-electron chi connectivity index (χ1n) is 13.6. The molecule has 7 unspecified atom stereocenters. The van der Waals surface area contributed by atoms with Crippen molar-refractivity contribution in [2.45, 2.75) is 77.3 Å². The minimum absolute atomic E-state index is 0.00228. The van der Waals surface area contributed by atoms with Crippen LogP contribution in [0.25, 0.3) is 10.9 Å². The van der Waals surface area contributed by atoms with E-state index in [0.29, 0.717) is 23.5 Å². The molecule has 34 heavy (non-hydrogen) atoms. The van der Waals surface area contributed by atoms with Crippen LogP contribution in [0.15, 0.2) is 36.5 Å². The summed E-state index contributed by atoms with van der Waals surface area (Å²) < 4.78 is 22.5. The highest BCUT2D eigenvalue weighted by Gasteiger charge is 2.62. The van der Waals surface area contributed by atoms with Crippen molar-refractivity contribution in [3.63, 3.8) is 0 Å². The molecule has 0 bridgehead atoms. The lowest BCUT2D eigenvalue weighted by molar-refractivity contribution is -0.146. The third-order valence-electron chi connectivity index (χ3n) is 10.6. The zero-order chi connectivity index (χ0) is 23.5. The Morgan fingerprint density at radius 1 is 1.09 bits per heavy atom. The molecular weight excluding hydrogens is 425 g/mol. The van der Waals surface area contributed by atoms with Gasteiger partial charge in [-0.3, -0.25) is 9.78 Å². The fourth-order valence-electron chi connectivity index (χ4n) is 8.92. The highest BCUT2D eigenvalue weighted by molar-refractivity contribution is 5.84. The molecule has 8 atom stereocenters. The normalized spacial score (nSPS) is 41.4. The van der Waals surface area contributed by atoms with Crippen molar-refractivity contribution in [1.82, 2.24) is 4.98 Å². The van der Waals surface area contributed by atoms with E-state index in [1.165, 1.54) is 0 Å². The van der Waals surface area contributed by atoms with Crippen molar-refractivity contribution in [3.8, 4) is 5.75 Å². The predicted octanol–water partition coefficient (Wildman–Crippen LogP) is 7.18. The van der Waals surface area contributed by atoms with Crippen molar-refractivity contribution in [1.29, 1.82) is 0 Å². The lowest BCUT2D eigenvalue weighted by Gasteiger charge is -2.58. The summed E-state index contributed by atoms with van der Waals surface area (Å²) >= 11 is 0. The van der Waals surface area contributed by atoms with Crippen LogP contribution in [0, 0.1) is 40.9 Å². The fraction of sp³-hybridized carbons (Fsp3) is 0.667. The van der Waals surface area contributed by atoms with Gasteiger partial charge in [0.1, 0.15) is 18.0 Å². The van der Waals surface area contributed by atoms with Gasteiger partial charge in [-0.1, -0.05) is 19.9 Å². The van der Waals surface area contributed by atoms with Crippen LogP contribution in [-0.4, -0.2) is 23.0 Å². The van der Waals surface area contributed by atoms with Crippen LogP contribution in [0.2, 0.25) is 0 Å². The highest BCUT2D eigenvalue weighted by atomic mass is 19.1. The molecule has 0 amide bonds. The molecule has 0 N–H and O–H groups in total. The molecule has 4 aliphatic carbocycles.